The van der Waals surface area contributed by atoms with Gasteiger partial charge < -0.3 is 10.1 Å². The zero-order valence-corrected chi connectivity index (χ0v) is 16.6. The Morgan fingerprint density at radius 2 is 1.82 bits per heavy atom. The van der Waals surface area contributed by atoms with Gasteiger partial charge in [-0.05, 0) is 60.6 Å². The first kappa shape index (κ1) is 22.0. The molecule has 2 N–H and O–H groups in total. The van der Waals surface area contributed by atoms with Crippen LogP contribution in [-0.4, -0.2) is 17.6 Å². The van der Waals surface area contributed by atoms with Gasteiger partial charge in [0.05, 0.1) is 22.9 Å². The van der Waals surface area contributed by atoms with E-state index in [1.54, 1.807) is 24.3 Å². The molecule has 0 aliphatic heterocycles. The van der Waals surface area contributed by atoms with Crippen molar-refractivity contribution >= 4 is 40.5 Å². The lowest BCUT2D eigenvalue weighted by molar-refractivity contribution is -0.137. The van der Waals surface area contributed by atoms with Gasteiger partial charge in [0, 0.05) is 5.56 Å². The number of hydrogen-bond acceptors (Lipinski definition) is 3. The van der Waals surface area contributed by atoms with Crippen LogP contribution in [-0.2, 0) is 6.18 Å². The summed E-state index contributed by atoms with van der Waals surface area (Å²) in [5, 5.41) is 4.80. The standard InChI is InChI=1S/C19H18ClF3N2O2S/c1-11(2)10-27-14-6-3-12(4-7-14)17(26)25-18(28)24-16-8-5-13(9-15(16)20)19(21,22)23/h3-9,11H,10H2,1-2H3,(H2,24,25,26,28). The SMILES string of the molecule is CC(C)COc1ccc(C(=O)NC(=S)Nc2ccc(C(F)(F)F)cc2Cl)cc1. The molecule has 2 aromatic rings. The molecule has 2 rings (SSSR count). The van der Waals surface area contributed by atoms with Crippen molar-refractivity contribution in [1.29, 1.82) is 0 Å². The maximum atomic E-state index is 12.7. The Labute approximate surface area is 171 Å². The summed E-state index contributed by atoms with van der Waals surface area (Å²) in [6.45, 7) is 4.62. The highest BCUT2D eigenvalue weighted by atomic mass is 35.5. The second-order valence-corrected chi connectivity index (χ2v) is 7.15. The Kier molecular flexibility index (Phi) is 7.26. The Bertz CT molecular complexity index is 855. The molecule has 0 heterocycles. The summed E-state index contributed by atoms with van der Waals surface area (Å²) >= 11 is 10.9. The molecule has 0 unspecified atom stereocenters. The third-order valence-electron chi connectivity index (χ3n) is 3.47. The van der Waals surface area contributed by atoms with E-state index < -0.39 is 17.6 Å². The molecule has 28 heavy (non-hydrogen) atoms. The van der Waals surface area contributed by atoms with Gasteiger partial charge in [-0.3, -0.25) is 10.1 Å². The summed E-state index contributed by atoms with van der Waals surface area (Å²) in [7, 11) is 0. The topological polar surface area (TPSA) is 50.4 Å². The molecule has 0 spiro atoms. The van der Waals surface area contributed by atoms with Crippen LogP contribution < -0.4 is 15.4 Å². The van der Waals surface area contributed by atoms with Gasteiger partial charge in [-0.1, -0.05) is 25.4 Å². The highest BCUT2D eigenvalue weighted by Gasteiger charge is 2.30. The fourth-order valence-corrected chi connectivity index (χ4v) is 2.52. The number of anilines is 1. The normalized spacial score (nSPS) is 11.2. The molecule has 0 aliphatic carbocycles. The third kappa shape index (κ3) is 6.38. The van der Waals surface area contributed by atoms with Crippen LogP contribution in [0.4, 0.5) is 18.9 Å². The summed E-state index contributed by atoms with van der Waals surface area (Å²) in [5.41, 5.74) is -0.380. The predicted octanol–water partition coefficient (Wildman–Crippen LogP) is 5.52. The lowest BCUT2D eigenvalue weighted by Gasteiger charge is -2.13. The quantitative estimate of drug-likeness (QED) is 0.613. The lowest BCUT2D eigenvalue weighted by Crippen LogP contribution is -2.34. The highest BCUT2D eigenvalue weighted by Crippen LogP contribution is 2.33. The van der Waals surface area contributed by atoms with Gasteiger partial charge >= 0.3 is 6.18 Å². The largest absolute Gasteiger partial charge is 0.493 e. The molecular formula is C19H18ClF3N2O2S. The Hall–Kier alpha value is -2.32. The molecule has 0 aliphatic rings. The molecule has 0 radical (unpaired) electrons. The number of carbonyl (C=O) groups is 1. The number of rotatable bonds is 5. The van der Waals surface area contributed by atoms with Crippen LogP contribution >= 0.6 is 23.8 Å². The number of thiocarbonyl (C=S) groups is 1. The Morgan fingerprint density at radius 1 is 1.18 bits per heavy atom. The molecule has 1 amide bonds. The average Bonchev–Trinajstić information content (AvgIpc) is 2.61. The average molecular weight is 431 g/mol. The number of hydrogen-bond donors (Lipinski definition) is 2. The van der Waals surface area contributed by atoms with Gasteiger partial charge in [0.25, 0.3) is 5.91 Å². The molecule has 2 aromatic carbocycles. The first-order valence-corrected chi connectivity index (χ1v) is 9.07. The Balaban J connectivity index is 1.96. The van der Waals surface area contributed by atoms with E-state index in [2.05, 4.69) is 10.6 Å². The predicted molar refractivity (Wildman–Crippen MR) is 107 cm³/mol. The second-order valence-electron chi connectivity index (χ2n) is 6.33. The molecule has 150 valence electrons. The Morgan fingerprint density at radius 3 is 2.36 bits per heavy atom. The number of nitrogens with one attached hydrogen (secondary N) is 2. The van der Waals surface area contributed by atoms with Crippen LogP contribution in [0, 0.1) is 5.92 Å². The number of benzene rings is 2. The van der Waals surface area contributed by atoms with E-state index in [1.807, 2.05) is 13.8 Å². The number of ether oxygens (including phenoxy) is 1. The van der Waals surface area contributed by atoms with Gasteiger partial charge in [-0.25, -0.2) is 0 Å². The van der Waals surface area contributed by atoms with Gasteiger partial charge in [0.15, 0.2) is 5.11 Å². The van der Waals surface area contributed by atoms with Gasteiger partial charge in [-0.2, -0.15) is 13.2 Å². The maximum Gasteiger partial charge on any atom is 0.416 e. The van der Waals surface area contributed by atoms with E-state index >= 15 is 0 Å². The molecule has 0 bridgehead atoms. The van der Waals surface area contributed by atoms with E-state index in [9.17, 15) is 18.0 Å². The molecule has 4 nitrogen and oxygen atoms in total. The monoisotopic (exact) mass is 430 g/mol. The minimum Gasteiger partial charge on any atom is -0.493 e. The zero-order valence-electron chi connectivity index (χ0n) is 15.1. The second kappa shape index (κ2) is 9.25. The fourth-order valence-electron chi connectivity index (χ4n) is 2.09. The number of carbonyl (C=O) groups excluding carboxylic acids is 1. The van der Waals surface area contributed by atoms with Crippen LogP contribution in [0.15, 0.2) is 42.5 Å². The molecule has 0 saturated carbocycles. The zero-order chi connectivity index (χ0) is 20.9. The van der Waals surface area contributed by atoms with Crippen LogP contribution in [0.2, 0.25) is 5.02 Å². The molecule has 0 aromatic heterocycles. The van der Waals surface area contributed by atoms with Crippen LogP contribution in [0.25, 0.3) is 0 Å². The van der Waals surface area contributed by atoms with Crippen molar-refractivity contribution < 1.29 is 22.7 Å². The van der Waals surface area contributed by atoms with E-state index in [0.29, 0.717) is 23.8 Å². The lowest BCUT2D eigenvalue weighted by atomic mass is 10.2. The third-order valence-corrected chi connectivity index (χ3v) is 3.99. The van der Waals surface area contributed by atoms with Crippen molar-refractivity contribution in [3.63, 3.8) is 0 Å². The minimum absolute atomic E-state index is 0.0909. The van der Waals surface area contributed by atoms with E-state index in [4.69, 9.17) is 28.6 Å². The van der Waals surface area contributed by atoms with Crippen molar-refractivity contribution in [1.82, 2.24) is 5.32 Å². The molecule has 0 atom stereocenters. The molecule has 9 heteroatoms. The van der Waals surface area contributed by atoms with Crippen molar-refractivity contribution in [3.8, 4) is 5.75 Å². The van der Waals surface area contributed by atoms with Crippen molar-refractivity contribution in [2.45, 2.75) is 20.0 Å². The minimum atomic E-state index is -4.50. The van der Waals surface area contributed by atoms with Crippen molar-refractivity contribution in [3.05, 3.63) is 58.6 Å². The van der Waals surface area contributed by atoms with Gasteiger partial charge in [0.1, 0.15) is 5.75 Å². The van der Waals surface area contributed by atoms with Crippen LogP contribution in [0.1, 0.15) is 29.8 Å². The number of amides is 1. The molecule has 0 saturated heterocycles. The summed E-state index contributed by atoms with van der Waals surface area (Å²) < 4.78 is 43.5. The van der Waals surface area contributed by atoms with E-state index in [1.165, 1.54) is 0 Å². The van der Waals surface area contributed by atoms with Gasteiger partial charge in [-0.15, -0.1) is 0 Å². The first-order valence-electron chi connectivity index (χ1n) is 8.28. The van der Waals surface area contributed by atoms with Crippen LogP contribution in [0.5, 0.6) is 5.75 Å². The van der Waals surface area contributed by atoms with Crippen molar-refractivity contribution in [2.75, 3.05) is 11.9 Å². The summed E-state index contributed by atoms with van der Waals surface area (Å²) in [6.07, 6.45) is -4.50. The smallest absolute Gasteiger partial charge is 0.416 e. The summed E-state index contributed by atoms with van der Waals surface area (Å²) in [6, 6.07) is 9.29. The summed E-state index contributed by atoms with van der Waals surface area (Å²) in [4.78, 5) is 12.2. The number of alkyl halides is 3. The number of halogens is 4. The fraction of sp³-hybridized carbons (Fsp3) is 0.263. The first-order chi connectivity index (χ1) is 13.1. The van der Waals surface area contributed by atoms with Crippen molar-refractivity contribution in [2.24, 2.45) is 5.92 Å². The highest BCUT2D eigenvalue weighted by molar-refractivity contribution is 7.80. The van der Waals surface area contributed by atoms with E-state index in [0.717, 1.165) is 18.2 Å². The maximum absolute atomic E-state index is 12.7. The summed E-state index contributed by atoms with van der Waals surface area (Å²) in [5.74, 6) is 0.543. The molecular weight excluding hydrogens is 413 g/mol. The van der Waals surface area contributed by atoms with Crippen LogP contribution in [0.3, 0.4) is 0 Å². The van der Waals surface area contributed by atoms with Gasteiger partial charge in [0.2, 0.25) is 0 Å². The molecule has 0 fully saturated rings. The van der Waals surface area contributed by atoms with E-state index in [-0.39, 0.29) is 15.8 Å².